The monoisotopic (exact) mass is 229 g/mol. The molecule has 1 heterocycles. The molecule has 0 radical (unpaired) electrons. The maximum atomic E-state index is 11.5. The largest absolute Gasteiger partial charge is 0.466 e. The Labute approximate surface area is 93.8 Å². The molecule has 16 heavy (non-hydrogen) atoms. The zero-order valence-electron chi connectivity index (χ0n) is 9.39. The van der Waals surface area contributed by atoms with Gasteiger partial charge in [0.15, 0.2) is 0 Å². The summed E-state index contributed by atoms with van der Waals surface area (Å²) in [5.74, 6) is -1.13. The van der Waals surface area contributed by atoms with Crippen LogP contribution >= 0.6 is 0 Å². The molecule has 0 aromatic heterocycles. The van der Waals surface area contributed by atoms with Crippen molar-refractivity contribution in [2.45, 2.75) is 0 Å². The van der Waals surface area contributed by atoms with E-state index in [2.05, 4.69) is 9.47 Å². The maximum absolute atomic E-state index is 11.5. The van der Waals surface area contributed by atoms with Gasteiger partial charge in [0.25, 0.3) is 0 Å². The van der Waals surface area contributed by atoms with E-state index in [1.54, 1.807) is 4.90 Å². The summed E-state index contributed by atoms with van der Waals surface area (Å²) in [7, 11) is 2.53. The van der Waals surface area contributed by atoms with Gasteiger partial charge in [-0.2, -0.15) is 0 Å². The first-order chi connectivity index (χ1) is 7.69. The molecule has 0 aromatic rings. The van der Waals surface area contributed by atoms with Crippen LogP contribution in [0, 0.1) is 0 Å². The van der Waals surface area contributed by atoms with Crippen molar-refractivity contribution in [3.8, 4) is 0 Å². The zero-order valence-corrected chi connectivity index (χ0v) is 9.39. The standard InChI is InChI=1S/C10H15NO5/c1-14-9(12)7-8(10(13)15-2)11-3-5-16-6-4-11/h7H,3-6H2,1-2H3. The molecule has 0 atom stereocenters. The van der Waals surface area contributed by atoms with Crippen LogP contribution in [0.1, 0.15) is 0 Å². The van der Waals surface area contributed by atoms with Gasteiger partial charge in [0.05, 0.1) is 33.5 Å². The first-order valence-corrected chi connectivity index (χ1v) is 4.89. The van der Waals surface area contributed by atoms with Crippen LogP contribution in [0.2, 0.25) is 0 Å². The molecule has 6 nitrogen and oxygen atoms in total. The summed E-state index contributed by atoms with van der Waals surface area (Å²) in [6.07, 6.45) is 1.14. The van der Waals surface area contributed by atoms with Gasteiger partial charge in [0.1, 0.15) is 5.70 Å². The Morgan fingerprint density at radius 2 is 1.81 bits per heavy atom. The molecule has 0 bridgehead atoms. The van der Waals surface area contributed by atoms with Crippen molar-refractivity contribution in [2.75, 3.05) is 40.5 Å². The number of methoxy groups -OCH3 is 2. The van der Waals surface area contributed by atoms with Gasteiger partial charge < -0.3 is 19.1 Å². The molecular formula is C10H15NO5. The summed E-state index contributed by atoms with van der Waals surface area (Å²) in [5.41, 5.74) is 0.206. The fourth-order valence-corrected chi connectivity index (χ4v) is 1.36. The topological polar surface area (TPSA) is 65.1 Å². The quantitative estimate of drug-likeness (QED) is 0.482. The van der Waals surface area contributed by atoms with Crippen molar-refractivity contribution < 1.29 is 23.8 Å². The molecule has 1 saturated heterocycles. The van der Waals surface area contributed by atoms with Gasteiger partial charge in [-0.1, -0.05) is 0 Å². The van der Waals surface area contributed by atoms with Gasteiger partial charge in [0.2, 0.25) is 0 Å². The van der Waals surface area contributed by atoms with Gasteiger partial charge in [-0.15, -0.1) is 0 Å². The van der Waals surface area contributed by atoms with Crippen molar-refractivity contribution in [3.63, 3.8) is 0 Å². The summed E-state index contributed by atoms with van der Waals surface area (Å²) in [6, 6.07) is 0. The molecule has 1 aliphatic rings. The number of carbonyl (C=O) groups is 2. The fourth-order valence-electron chi connectivity index (χ4n) is 1.36. The number of carbonyl (C=O) groups excluding carboxylic acids is 2. The normalized spacial score (nSPS) is 16.9. The van der Waals surface area contributed by atoms with E-state index < -0.39 is 11.9 Å². The molecule has 0 unspecified atom stereocenters. The highest BCUT2D eigenvalue weighted by molar-refractivity contribution is 5.95. The summed E-state index contributed by atoms with van der Waals surface area (Å²) in [5, 5.41) is 0. The van der Waals surface area contributed by atoms with Crippen LogP contribution in [0.25, 0.3) is 0 Å². The van der Waals surface area contributed by atoms with Crippen LogP contribution < -0.4 is 0 Å². The first kappa shape index (κ1) is 12.5. The summed E-state index contributed by atoms with van der Waals surface area (Å²) >= 11 is 0. The van der Waals surface area contributed by atoms with Gasteiger partial charge >= 0.3 is 11.9 Å². The molecule has 0 saturated carbocycles. The summed E-state index contributed by atoms with van der Waals surface area (Å²) in [6.45, 7) is 2.15. The van der Waals surface area contributed by atoms with Gasteiger partial charge in [-0.3, -0.25) is 0 Å². The van der Waals surface area contributed by atoms with E-state index in [9.17, 15) is 9.59 Å². The van der Waals surface area contributed by atoms with Crippen molar-refractivity contribution in [2.24, 2.45) is 0 Å². The molecule has 0 amide bonds. The second-order valence-corrected chi connectivity index (χ2v) is 3.14. The SMILES string of the molecule is COC(=O)C=C(C(=O)OC)N1CCOCC1. The van der Waals surface area contributed by atoms with E-state index >= 15 is 0 Å². The molecule has 0 aromatic carbocycles. The second-order valence-electron chi connectivity index (χ2n) is 3.14. The van der Waals surface area contributed by atoms with E-state index in [1.807, 2.05) is 0 Å². The van der Waals surface area contributed by atoms with E-state index in [0.717, 1.165) is 6.08 Å². The highest BCUT2D eigenvalue weighted by Gasteiger charge is 2.21. The van der Waals surface area contributed by atoms with E-state index in [4.69, 9.17) is 4.74 Å². The average molecular weight is 229 g/mol. The molecular weight excluding hydrogens is 214 g/mol. The Morgan fingerprint density at radius 1 is 1.19 bits per heavy atom. The maximum Gasteiger partial charge on any atom is 0.354 e. The van der Waals surface area contributed by atoms with Crippen molar-refractivity contribution in [3.05, 3.63) is 11.8 Å². The zero-order chi connectivity index (χ0) is 12.0. The number of esters is 2. The Balaban J connectivity index is 2.81. The first-order valence-electron chi connectivity index (χ1n) is 4.89. The number of morpholine rings is 1. The molecule has 1 rings (SSSR count). The lowest BCUT2D eigenvalue weighted by atomic mass is 10.3. The minimum Gasteiger partial charge on any atom is -0.466 e. The summed E-state index contributed by atoms with van der Waals surface area (Å²) in [4.78, 5) is 24.3. The number of nitrogens with zero attached hydrogens (tertiary/aromatic N) is 1. The second kappa shape index (κ2) is 6.12. The van der Waals surface area contributed by atoms with E-state index in [1.165, 1.54) is 14.2 Å². The Kier molecular flexibility index (Phi) is 4.78. The fraction of sp³-hybridized carbons (Fsp3) is 0.600. The van der Waals surface area contributed by atoms with Crippen LogP contribution in [0.5, 0.6) is 0 Å². The summed E-state index contributed by atoms with van der Waals surface area (Å²) < 4.78 is 14.3. The molecule has 90 valence electrons. The lowest BCUT2D eigenvalue weighted by Crippen LogP contribution is -2.38. The van der Waals surface area contributed by atoms with Gasteiger partial charge in [-0.25, -0.2) is 9.59 Å². The van der Waals surface area contributed by atoms with Crippen LogP contribution in [0.3, 0.4) is 0 Å². The Hall–Kier alpha value is -1.56. The lowest BCUT2D eigenvalue weighted by Gasteiger charge is -2.29. The van der Waals surface area contributed by atoms with Gasteiger partial charge in [-0.05, 0) is 0 Å². The average Bonchev–Trinajstić information content (AvgIpc) is 2.35. The predicted molar refractivity (Wildman–Crippen MR) is 54.5 cm³/mol. The third kappa shape index (κ3) is 3.23. The Bertz CT molecular complexity index is 294. The Morgan fingerprint density at radius 3 is 2.31 bits per heavy atom. The van der Waals surface area contributed by atoms with Crippen molar-refractivity contribution in [1.29, 1.82) is 0 Å². The van der Waals surface area contributed by atoms with E-state index in [-0.39, 0.29) is 5.70 Å². The third-order valence-corrected chi connectivity index (χ3v) is 2.20. The van der Waals surface area contributed by atoms with Crippen LogP contribution in [0.15, 0.2) is 11.8 Å². The predicted octanol–water partition coefficient (Wildman–Crippen LogP) is -0.451. The van der Waals surface area contributed by atoms with E-state index in [0.29, 0.717) is 26.3 Å². The third-order valence-electron chi connectivity index (χ3n) is 2.20. The molecule has 1 fully saturated rings. The molecule has 1 aliphatic heterocycles. The van der Waals surface area contributed by atoms with Crippen molar-refractivity contribution >= 4 is 11.9 Å². The van der Waals surface area contributed by atoms with Crippen LogP contribution in [0.4, 0.5) is 0 Å². The number of hydrogen-bond donors (Lipinski definition) is 0. The van der Waals surface area contributed by atoms with Crippen molar-refractivity contribution in [1.82, 2.24) is 4.90 Å². The number of hydrogen-bond acceptors (Lipinski definition) is 6. The highest BCUT2D eigenvalue weighted by Crippen LogP contribution is 2.09. The highest BCUT2D eigenvalue weighted by atomic mass is 16.5. The lowest BCUT2D eigenvalue weighted by molar-refractivity contribution is -0.140. The minimum atomic E-state index is -0.577. The minimum absolute atomic E-state index is 0.206. The van der Waals surface area contributed by atoms with Crippen LogP contribution in [-0.4, -0.2) is 57.4 Å². The number of rotatable bonds is 3. The van der Waals surface area contributed by atoms with Crippen LogP contribution in [-0.2, 0) is 23.8 Å². The van der Waals surface area contributed by atoms with Gasteiger partial charge in [0, 0.05) is 13.1 Å². The molecule has 0 aliphatic carbocycles. The smallest absolute Gasteiger partial charge is 0.354 e. The molecule has 6 heteroatoms. The number of ether oxygens (including phenoxy) is 3. The molecule has 0 N–H and O–H groups in total. The molecule has 0 spiro atoms.